The average Bonchev–Trinajstić information content (AvgIpc) is 2.82. The monoisotopic (exact) mass is 235 g/mol. The number of aryl methyl sites for hydroxylation is 1. The van der Waals surface area contributed by atoms with Gasteiger partial charge in [0.05, 0.1) is 5.69 Å². The van der Waals surface area contributed by atoms with Crippen molar-refractivity contribution in [3.63, 3.8) is 0 Å². The molecule has 90 valence electrons. The molecular weight excluding hydrogens is 222 g/mol. The highest BCUT2D eigenvalue weighted by atomic mass is 16.5. The van der Waals surface area contributed by atoms with Gasteiger partial charge in [0, 0.05) is 30.0 Å². The molecule has 1 fully saturated rings. The minimum atomic E-state index is -0.0117. The first-order valence-electron chi connectivity index (χ1n) is 5.37. The number of azide groups is 1. The van der Waals surface area contributed by atoms with Crippen molar-refractivity contribution in [2.45, 2.75) is 20.3 Å². The van der Waals surface area contributed by atoms with Crippen LogP contribution in [0.5, 0.6) is 0 Å². The Balaban J connectivity index is 2.15. The fourth-order valence-electron chi connectivity index (χ4n) is 1.91. The van der Waals surface area contributed by atoms with E-state index in [1.165, 1.54) is 0 Å². The summed E-state index contributed by atoms with van der Waals surface area (Å²) in [6.45, 7) is 4.56. The van der Waals surface area contributed by atoms with Crippen molar-refractivity contribution in [2.75, 3.05) is 18.0 Å². The zero-order valence-electron chi connectivity index (χ0n) is 9.75. The second-order valence-corrected chi connectivity index (χ2v) is 4.19. The Morgan fingerprint density at radius 3 is 3.00 bits per heavy atom. The summed E-state index contributed by atoms with van der Waals surface area (Å²) in [5, 5.41) is 7.33. The molecule has 1 aliphatic rings. The molecule has 1 saturated heterocycles. The van der Waals surface area contributed by atoms with Crippen molar-refractivity contribution in [3.05, 3.63) is 21.7 Å². The predicted molar refractivity (Wildman–Crippen MR) is 60.5 cm³/mol. The lowest BCUT2D eigenvalue weighted by atomic mass is 10.1. The number of amides is 1. The van der Waals surface area contributed by atoms with Crippen LogP contribution in [0, 0.1) is 19.8 Å². The molecule has 0 radical (unpaired) electrons. The van der Waals surface area contributed by atoms with Gasteiger partial charge in [0.15, 0.2) is 0 Å². The molecule has 17 heavy (non-hydrogen) atoms. The molecule has 7 heteroatoms. The number of carbonyl (C=O) groups excluding carboxylic acids is 1. The van der Waals surface area contributed by atoms with Crippen molar-refractivity contribution in [1.29, 1.82) is 0 Å². The van der Waals surface area contributed by atoms with Crippen LogP contribution >= 0.6 is 0 Å². The van der Waals surface area contributed by atoms with Gasteiger partial charge in [-0.05, 0) is 25.3 Å². The average molecular weight is 235 g/mol. The number of carbonyl (C=O) groups is 1. The molecule has 1 aromatic rings. The molecule has 0 saturated carbocycles. The summed E-state index contributed by atoms with van der Waals surface area (Å²) < 4.78 is 5.15. The zero-order chi connectivity index (χ0) is 12.4. The summed E-state index contributed by atoms with van der Waals surface area (Å²) in [5.74, 6) is 0.557. The van der Waals surface area contributed by atoms with Gasteiger partial charge in [-0.3, -0.25) is 9.69 Å². The van der Waals surface area contributed by atoms with Gasteiger partial charge in [0.25, 0.3) is 0 Å². The first kappa shape index (κ1) is 11.5. The minimum Gasteiger partial charge on any atom is -0.338 e. The first-order chi connectivity index (χ1) is 8.13. The highest BCUT2D eigenvalue weighted by molar-refractivity contribution is 5.95. The molecule has 0 aromatic carbocycles. The Hall–Kier alpha value is -2.01. The van der Waals surface area contributed by atoms with E-state index in [4.69, 9.17) is 10.1 Å². The van der Waals surface area contributed by atoms with Gasteiger partial charge in [-0.2, -0.15) is 0 Å². The summed E-state index contributed by atoms with van der Waals surface area (Å²) in [6.07, 6.45) is 0.387. The summed E-state index contributed by atoms with van der Waals surface area (Å²) in [7, 11) is 0. The molecule has 7 nitrogen and oxygen atoms in total. The normalized spacial score (nSPS) is 19.5. The second-order valence-electron chi connectivity index (χ2n) is 4.19. The number of aromatic nitrogens is 1. The van der Waals surface area contributed by atoms with Gasteiger partial charge >= 0.3 is 0 Å². The molecule has 0 bridgehead atoms. The number of hydrogen-bond acceptors (Lipinski definition) is 4. The fraction of sp³-hybridized carbons (Fsp3) is 0.600. The summed E-state index contributed by atoms with van der Waals surface area (Å²) in [4.78, 5) is 16.1. The third-order valence-electron chi connectivity index (χ3n) is 2.99. The lowest BCUT2D eigenvalue weighted by molar-refractivity contribution is -0.117. The van der Waals surface area contributed by atoms with E-state index in [9.17, 15) is 4.79 Å². The minimum absolute atomic E-state index is 0.0117. The van der Waals surface area contributed by atoms with E-state index in [0.717, 1.165) is 11.3 Å². The number of rotatable bonds is 3. The number of hydrogen-bond donors (Lipinski definition) is 0. The van der Waals surface area contributed by atoms with Crippen molar-refractivity contribution >= 4 is 11.8 Å². The highest BCUT2D eigenvalue weighted by Crippen LogP contribution is 2.29. The van der Waals surface area contributed by atoms with E-state index in [1.54, 1.807) is 4.90 Å². The van der Waals surface area contributed by atoms with Crippen LogP contribution in [0.3, 0.4) is 0 Å². The number of anilines is 1. The Labute approximate surface area is 98.0 Å². The maximum Gasteiger partial charge on any atom is 0.237 e. The first-order valence-corrected chi connectivity index (χ1v) is 5.37. The molecule has 1 unspecified atom stereocenters. The molecule has 1 aromatic heterocycles. The Bertz CT molecular complexity index is 489. The summed E-state index contributed by atoms with van der Waals surface area (Å²) in [6, 6.07) is 0. The van der Waals surface area contributed by atoms with E-state index in [2.05, 4.69) is 15.2 Å². The standard InChI is InChI=1S/C10H13N5O2/c1-6-7(2)13-17-10(6)15-5-8(3-9(15)16)4-12-14-11/h8H,3-5H2,1-2H3. The summed E-state index contributed by atoms with van der Waals surface area (Å²) >= 11 is 0. The van der Waals surface area contributed by atoms with Crippen molar-refractivity contribution in [2.24, 2.45) is 11.0 Å². The van der Waals surface area contributed by atoms with Crippen LogP contribution < -0.4 is 4.90 Å². The molecule has 0 aliphatic carbocycles. The zero-order valence-corrected chi connectivity index (χ0v) is 9.75. The Morgan fingerprint density at radius 2 is 2.41 bits per heavy atom. The van der Waals surface area contributed by atoms with Crippen LogP contribution in [0.2, 0.25) is 0 Å². The van der Waals surface area contributed by atoms with Crippen molar-refractivity contribution in [3.8, 4) is 0 Å². The topological polar surface area (TPSA) is 95.1 Å². The second kappa shape index (κ2) is 4.47. The van der Waals surface area contributed by atoms with Gasteiger partial charge in [-0.25, -0.2) is 0 Å². The van der Waals surface area contributed by atoms with Crippen molar-refractivity contribution in [1.82, 2.24) is 5.16 Å². The van der Waals surface area contributed by atoms with Gasteiger partial charge in [0.2, 0.25) is 11.8 Å². The van der Waals surface area contributed by atoms with Crippen LogP contribution in [0.4, 0.5) is 5.88 Å². The molecule has 2 rings (SSSR count). The van der Waals surface area contributed by atoms with Crippen LogP contribution in [0.15, 0.2) is 9.64 Å². The Morgan fingerprint density at radius 1 is 1.65 bits per heavy atom. The van der Waals surface area contributed by atoms with Gasteiger partial charge < -0.3 is 4.52 Å². The molecule has 2 heterocycles. The quantitative estimate of drug-likeness (QED) is 0.455. The fourth-order valence-corrected chi connectivity index (χ4v) is 1.91. The van der Waals surface area contributed by atoms with Gasteiger partial charge in [0.1, 0.15) is 0 Å². The molecule has 0 N–H and O–H groups in total. The smallest absolute Gasteiger partial charge is 0.237 e. The van der Waals surface area contributed by atoms with E-state index >= 15 is 0 Å². The summed E-state index contributed by atoms with van der Waals surface area (Å²) in [5.41, 5.74) is 9.92. The molecule has 0 spiro atoms. The van der Waals surface area contributed by atoms with Crippen LogP contribution in [0.1, 0.15) is 17.7 Å². The lowest BCUT2D eigenvalue weighted by Gasteiger charge is -2.12. The van der Waals surface area contributed by atoms with E-state index in [0.29, 0.717) is 25.4 Å². The Kier molecular flexibility index (Phi) is 3.01. The SMILES string of the molecule is Cc1noc(N2CC(CN=[N+]=[N-])CC2=O)c1C. The lowest BCUT2D eigenvalue weighted by Crippen LogP contribution is -2.25. The largest absolute Gasteiger partial charge is 0.338 e. The van der Waals surface area contributed by atoms with Gasteiger partial charge in [-0.15, -0.1) is 0 Å². The molecule has 1 atom stereocenters. The van der Waals surface area contributed by atoms with Crippen molar-refractivity contribution < 1.29 is 9.32 Å². The van der Waals surface area contributed by atoms with E-state index in [-0.39, 0.29) is 11.8 Å². The van der Waals surface area contributed by atoms with Crippen LogP contribution in [0.25, 0.3) is 10.4 Å². The molecule has 1 amide bonds. The maximum absolute atomic E-state index is 11.8. The third-order valence-corrected chi connectivity index (χ3v) is 2.99. The molecule has 1 aliphatic heterocycles. The molecular formula is C10H13N5O2. The van der Waals surface area contributed by atoms with Gasteiger partial charge in [-0.1, -0.05) is 10.3 Å². The predicted octanol–water partition coefficient (Wildman–Crippen LogP) is 1.95. The van der Waals surface area contributed by atoms with Crippen LogP contribution in [-0.4, -0.2) is 24.2 Å². The number of nitrogens with zero attached hydrogens (tertiary/aromatic N) is 5. The third kappa shape index (κ3) is 2.09. The maximum atomic E-state index is 11.8. The van der Waals surface area contributed by atoms with E-state index in [1.807, 2.05) is 13.8 Å². The highest BCUT2D eigenvalue weighted by Gasteiger charge is 2.33. The van der Waals surface area contributed by atoms with Crippen LogP contribution in [-0.2, 0) is 4.79 Å². The van der Waals surface area contributed by atoms with E-state index < -0.39 is 0 Å².